The summed E-state index contributed by atoms with van der Waals surface area (Å²) in [6, 6.07) is 8.14. The summed E-state index contributed by atoms with van der Waals surface area (Å²) in [5, 5.41) is 12.5. The van der Waals surface area contributed by atoms with Gasteiger partial charge in [-0.1, -0.05) is 0 Å². The highest BCUT2D eigenvalue weighted by atomic mass is 16.5. The molecule has 1 aliphatic heterocycles. The molecule has 102 valence electrons. The number of nitrogens with one attached hydrogen (secondary N) is 1. The fourth-order valence-corrected chi connectivity index (χ4v) is 2.42. The molecule has 1 fully saturated rings. The lowest BCUT2D eigenvalue weighted by atomic mass is 10.0. The number of methoxy groups -OCH3 is 1. The molecule has 1 N–H and O–H groups in total. The van der Waals surface area contributed by atoms with Gasteiger partial charge in [0.05, 0.1) is 24.8 Å². The van der Waals surface area contributed by atoms with Gasteiger partial charge < -0.3 is 14.8 Å². The van der Waals surface area contributed by atoms with Gasteiger partial charge in [-0.05, 0) is 38.0 Å². The molecule has 1 heterocycles. The number of nitrogens with zero attached hydrogens (tertiary/aromatic N) is 1. The first-order chi connectivity index (χ1) is 9.22. The second-order valence-corrected chi connectivity index (χ2v) is 4.92. The number of benzene rings is 1. The first-order valence-corrected chi connectivity index (χ1v) is 6.65. The van der Waals surface area contributed by atoms with Crippen LogP contribution in [-0.2, 0) is 11.3 Å². The maximum Gasteiger partial charge on any atom is 0.123 e. The molecule has 0 bridgehead atoms. The molecule has 0 amide bonds. The van der Waals surface area contributed by atoms with E-state index >= 15 is 0 Å². The van der Waals surface area contributed by atoms with Crippen LogP contribution in [-0.4, -0.2) is 25.9 Å². The summed E-state index contributed by atoms with van der Waals surface area (Å²) in [7, 11) is 1.65. The van der Waals surface area contributed by atoms with E-state index in [4.69, 9.17) is 14.7 Å². The van der Waals surface area contributed by atoms with Crippen molar-refractivity contribution >= 4 is 0 Å². The van der Waals surface area contributed by atoms with Crippen molar-refractivity contribution in [2.24, 2.45) is 0 Å². The van der Waals surface area contributed by atoms with Crippen molar-refractivity contribution in [2.45, 2.75) is 38.5 Å². The van der Waals surface area contributed by atoms with E-state index in [2.05, 4.69) is 18.3 Å². The Balaban J connectivity index is 2.00. The van der Waals surface area contributed by atoms with E-state index in [0.29, 0.717) is 17.7 Å². The summed E-state index contributed by atoms with van der Waals surface area (Å²) in [4.78, 5) is 0. The minimum absolute atomic E-state index is 0.318. The quantitative estimate of drug-likeness (QED) is 0.902. The topological polar surface area (TPSA) is 54.3 Å². The minimum atomic E-state index is 0.318. The monoisotopic (exact) mass is 260 g/mol. The molecular formula is C15H20N2O2. The standard InChI is InChI=1S/C15H20N2O2/c1-11-7-14(5-6-19-11)17-10-13-8-12(9-16)3-4-15(13)18-2/h3-4,8,11,14,17H,5-7,10H2,1-2H3. The van der Waals surface area contributed by atoms with E-state index in [-0.39, 0.29) is 0 Å². The fourth-order valence-electron chi connectivity index (χ4n) is 2.42. The largest absolute Gasteiger partial charge is 0.496 e. The van der Waals surface area contributed by atoms with E-state index in [9.17, 15) is 0 Å². The van der Waals surface area contributed by atoms with Gasteiger partial charge in [0.25, 0.3) is 0 Å². The molecule has 4 nitrogen and oxygen atoms in total. The zero-order valence-corrected chi connectivity index (χ0v) is 11.5. The van der Waals surface area contributed by atoms with Crippen LogP contribution in [0.25, 0.3) is 0 Å². The summed E-state index contributed by atoms with van der Waals surface area (Å²) in [5.41, 5.74) is 1.69. The van der Waals surface area contributed by atoms with Crippen LogP contribution in [0.4, 0.5) is 0 Å². The lowest BCUT2D eigenvalue weighted by Crippen LogP contribution is -2.37. The van der Waals surface area contributed by atoms with Gasteiger partial charge in [0.2, 0.25) is 0 Å². The molecule has 0 saturated carbocycles. The molecule has 0 aromatic heterocycles. The Morgan fingerprint density at radius 3 is 3.05 bits per heavy atom. The van der Waals surface area contributed by atoms with Crippen LogP contribution in [0.3, 0.4) is 0 Å². The molecule has 2 atom stereocenters. The Kier molecular flexibility index (Phi) is 4.78. The second-order valence-electron chi connectivity index (χ2n) is 4.92. The minimum Gasteiger partial charge on any atom is -0.496 e. The normalized spacial score (nSPS) is 22.8. The van der Waals surface area contributed by atoms with Gasteiger partial charge in [-0.15, -0.1) is 0 Å². The van der Waals surface area contributed by atoms with E-state index in [1.54, 1.807) is 13.2 Å². The highest BCUT2D eigenvalue weighted by Gasteiger charge is 2.19. The Morgan fingerprint density at radius 1 is 1.53 bits per heavy atom. The predicted molar refractivity (Wildman–Crippen MR) is 73.0 cm³/mol. The molecular weight excluding hydrogens is 240 g/mol. The third kappa shape index (κ3) is 3.69. The van der Waals surface area contributed by atoms with Crippen molar-refractivity contribution in [3.8, 4) is 11.8 Å². The van der Waals surface area contributed by atoms with E-state index in [1.165, 1.54) is 0 Å². The third-order valence-corrected chi connectivity index (χ3v) is 3.48. The van der Waals surface area contributed by atoms with E-state index in [0.717, 1.165) is 37.3 Å². The van der Waals surface area contributed by atoms with Gasteiger partial charge in [0.1, 0.15) is 5.75 Å². The molecule has 1 aromatic rings. The van der Waals surface area contributed by atoms with Crippen LogP contribution < -0.4 is 10.1 Å². The van der Waals surface area contributed by atoms with E-state index in [1.807, 2.05) is 12.1 Å². The Hall–Kier alpha value is -1.57. The molecule has 4 heteroatoms. The molecule has 2 rings (SSSR count). The molecule has 0 radical (unpaired) electrons. The van der Waals surface area contributed by atoms with Crippen molar-refractivity contribution in [3.63, 3.8) is 0 Å². The number of rotatable bonds is 4. The number of nitriles is 1. The van der Waals surface area contributed by atoms with Crippen molar-refractivity contribution in [3.05, 3.63) is 29.3 Å². The zero-order valence-electron chi connectivity index (χ0n) is 11.5. The number of hydrogen-bond acceptors (Lipinski definition) is 4. The average Bonchev–Trinajstić information content (AvgIpc) is 2.45. The highest BCUT2D eigenvalue weighted by molar-refractivity contribution is 5.42. The molecule has 0 spiro atoms. The van der Waals surface area contributed by atoms with Crippen LogP contribution in [0, 0.1) is 11.3 Å². The lowest BCUT2D eigenvalue weighted by Gasteiger charge is -2.28. The highest BCUT2D eigenvalue weighted by Crippen LogP contribution is 2.21. The molecule has 19 heavy (non-hydrogen) atoms. The van der Waals surface area contributed by atoms with Crippen LogP contribution in [0.15, 0.2) is 18.2 Å². The third-order valence-electron chi connectivity index (χ3n) is 3.48. The molecule has 2 unspecified atom stereocenters. The van der Waals surface area contributed by atoms with Gasteiger partial charge in [-0.25, -0.2) is 0 Å². The maximum atomic E-state index is 8.95. The first-order valence-electron chi connectivity index (χ1n) is 6.65. The van der Waals surface area contributed by atoms with Crippen LogP contribution >= 0.6 is 0 Å². The van der Waals surface area contributed by atoms with Gasteiger partial charge in [-0.2, -0.15) is 5.26 Å². The van der Waals surface area contributed by atoms with Gasteiger partial charge in [-0.3, -0.25) is 0 Å². The van der Waals surface area contributed by atoms with Gasteiger partial charge in [0, 0.05) is 24.8 Å². The Labute approximate surface area is 114 Å². The fraction of sp³-hybridized carbons (Fsp3) is 0.533. The summed E-state index contributed by atoms with van der Waals surface area (Å²) in [5.74, 6) is 0.826. The SMILES string of the molecule is COc1ccc(C#N)cc1CNC1CCOC(C)C1. The summed E-state index contributed by atoms with van der Waals surface area (Å²) in [6.45, 7) is 3.63. The molecule has 1 saturated heterocycles. The zero-order chi connectivity index (χ0) is 13.7. The Bertz CT molecular complexity index is 468. The Morgan fingerprint density at radius 2 is 2.37 bits per heavy atom. The van der Waals surface area contributed by atoms with Crippen molar-refractivity contribution < 1.29 is 9.47 Å². The average molecular weight is 260 g/mol. The van der Waals surface area contributed by atoms with Crippen molar-refractivity contribution in [1.82, 2.24) is 5.32 Å². The van der Waals surface area contributed by atoms with Gasteiger partial charge >= 0.3 is 0 Å². The molecule has 1 aliphatic rings. The number of hydrogen-bond donors (Lipinski definition) is 1. The first kappa shape index (κ1) is 13.9. The van der Waals surface area contributed by atoms with Crippen molar-refractivity contribution in [1.29, 1.82) is 5.26 Å². The number of ether oxygens (including phenoxy) is 2. The molecule has 0 aliphatic carbocycles. The van der Waals surface area contributed by atoms with Crippen LogP contribution in [0.5, 0.6) is 5.75 Å². The summed E-state index contributed by atoms with van der Waals surface area (Å²) < 4.78 is 10.9. The smallest absolute Gasteiger partial charge is 0.123 e. The van der Waals surface area contributed by atoms with E-state index < -0.39 is 0 Å². The summed E-state index contributed by atoms with van der Waals surface area (Å²) in [6.07, 6.45) is 2.38. The summed E-state index contributed by atoms with van der Waals surface area (Å²) >= 11 is 0. The van der Waals surface area contributed by atoms with Crippen molar-refractivity contribution in [2.75, 3.05) is 13.7 Å². The van der Waals surface area contributed by atoms with Crippen LogP contribution in [0.1, 0.15) is 30.9 Å². The second kappa shape index (κ2) is 6.55. The van der Waals surface area contributed by atoms with Gasteiger partial charge in [0.15, 0.2) is 0 Å². The lowest BCUT2D eigenvalue weighted by molar-refractivity contribution is 0.0130. The maximum absolute atomic E-state index is 8.95. The molecule has 1 aromatic carbocycles. The van der Waals surface area contributed by atoms with Crippen LogP contribution in [0.2, 0.25) is 0 Å². The predicted octanol–water partition coefficient (Wildman–Crippen LogP) is 2.22.